The Balaban J connectivity index is -0.000000294. The van der Waals surface area contributed by atoms with E-state index < -0.39 is 10.4 Å². The molecule has 182 valence electrons. The second-order valence-corrected chi connectivity index (χ2v) is 7.34. The SMILES string of the molecule is CCCCCCCCCCCCOS(=O)(=O)OCCN.N.NCCO.NCCO. The number of unbranched alkanes of at least 4 members (excludes halogenated alkanes) is 9. The Morgan fingerprint density at radius 2 is 1.00 bits per heavy atom. The summed E-state index contributed by atoms with van der Waals surface area (Å²) >= 11 is 0. The van der Waals surface area contributed by atoms with Crippen LogP contribution in [0.15, 0.2) is 0 Å². The van der Waals surface area contributed by atoms with Gasteiger partial charge in [-0.25, -0.2) is 8.37 Å². The molecule has 0 unspecified atom stereocenters. The van der Waals surface area contributed by atoms with Gasteiger partial charge in [0.15, 0.2) is 0 Å². The van der Waals surface area contributed by atoms with E-state index in [0.29, 0.717) is 13.1 Å². The summed E-state index contributed by atoms with van der Waals surface area (Å²) in [4.78, 5) is 0. The third kappa shape index (κ3) is 42.6. The molecule has 0 aromatic carbocycles. The van der Waals surface area contributed by atoms with Gasteiger partial charge in [-0.1, -0.05) is 64.7 Å². The summed E-state index contributed by atoms with van der Waals surface area (Å²) in [5.41, 5.74) is 14.7. The van der Waals surface area contributed by atoms with Crippen LogP contribution in [0, 0.1) is 0 Å². The molecule has 0 aliphatic carbocycles. The van der Waals surface area contributed by atoms with E-state index in [1.54, 1.807) is 0 Å². The Morgan fingerprint density at radius 3 is 1.34 bits per heavy atom. The predicted molar refractivity (Wildman–Crippen MR) is 119 cm³/mol. The minimum atomic E-state index is -3.83. The highest BCUT2D eigenvalue weighted by molar-refractivity contribution is 7.81. The van der Waals surface area contributed by atoms with Crippen molar-refractivity contribution in [1.82, 2.24) is 6.15 Å². The second-order valence-electron chi connectivity index (χ2n) is 6.05. The zero-order chi connectivity index (χ0) is 21.9. The summed E-state index contributed by atoms with van der Waals surface area (Å²) in [6, 6.07) is 0. The molecule has 0 aromatic heterocycles. The highest BCUT2D eigenvalue weighted by Gasteiger charge is 2.10. The topological polar surface area (TPSA) is 206 Å². The fourth-order valence-corrected chi connectivity index (χ4v) is 2.63. The van der Waals surface area contributed by atoms with Gasteiger partial charge in [0, 0.05) is 19.6 Å². The van der Waals surface area contributed by atoms with Crippen molar-refractivity contribution in [2.45, 2.75) is 71.1 Å². The van der Waals surface area contributed by atoms with E-state index >= 15 is 0 Å². The van der Waals surface area contributed by atoms with E-state index in [9.17, 15) is 8.42 Å². The minimum Gasteiger partial charge on any atom is -0.395 e. The molecule has 0 saturated carbocycles. The fraction of sp³-hybridized carbons (Fsp3) is 1.00. The molecule has 0 saturated heterocycles. The van der Waals surface area contributed by atoms with Gasteiger partial charge in [0.25, 0.3) is 0 Å². The van der Waals surface area contributed by atoms with E-state index in [1.807, 2.05) is 0 Å². The fourth-order valence-electron chi connectivity index (χ4n) is 1.93. The lowest BCUT2D eigenvalue weighted by Crippen LogP contribution is -2.16. The molecule has 0 amide bonds. The van der Waals surface area contributed by atoms with Crippen LogP contribution in [0.25, 0.3) is 0 Å². The molecule has 0 heterocycles. The van der Waals surface area contributed by atoms with Crippen molar-refractivity contribution in [3.05, 3.63) is 0 Å². The molecule has 11 heteroatoms. The number of hydrogen-bond donors (Lipinski definition) is 6. The maximum absolute atomic E-state index is 11.1. The van der Waals surface area contributed by atoms with Gasteiger partial charge in [-0.2, -0.15) is 8.42 Å². The molecule has 10 nitrogen and oxygen atoms in total. The molecular weight excluding hydrogens is 400 g/mol. The molecule has 0 atom stereocenters. The van der Waals surface area contributed by atoms with Gasteiger partial charge in [-0.05, 0) is 6.42 Å². The summed E-state index contributed by atoms with van der Waals surface area (Å²) in [6.07, 6.45) is 12.0. The summed E-state index contributed by atoms with van der Waals surface area (Å²) in [5, 5.41) is 15.5. The Hall–Kier alpha value is -0.370. The van der Waals surface area contributed by atoms with Gasteiger partial charge < -0.3 is 33.6 Å². The van der Waals surface area contributed by atoms with Crippen LogP contribution in [0.4, 0.5) is 0 Å². The molecule has 0 fully saturated rings. The van der Waals surface area contributed by atoms with E-state index in [2.05, 4.69) is 11.1 Å². The largest absolute Gasteiger partial charge is 0.399 e. The first kappa shape index (κ1) is 36.0. The maximum Gasteiger partial charge on any atom is 0.399 e. The molecule has 0 aliphatic rings. The summed E-state index contributed by atoms with van der Waals surface area (Å²) in [5.74, 6) is 0. The van der Waals surface area contributed by atoms with Crippen molar-refractivity contribution in [1.29, 1.82) is 0 Å². The van der Waals surface area contributed by atoms with Crippen LogP contribution in [-0.4, -0.2) is 64.7 Å². The Bertz CT molecular complexity index is 354. The third-order valence-corrected chi connectivity index (χ3v) is 4.24. The molecule has 0 spiro atoms. The lowest BCUT2D eigenvalue weighted by molar-refractivity contribution is 0.215. The number of rotatable bonds is 17. The first-order chi connectivity index (χ1) is 13.4. The summed E-state index contributed by atoms with van der Waals surface area (Å²) < 4.78 is 31.5. The zero-order valence-electron chi connectivity index (χ0n) is 18.4. The van der Waals surface area contributed by atoms with Crippen LogP contribution in [0.1, 0.15) is 71.1 Å². The van der Waals surface area contributed by atoms with Crippen molar-refractivity contribution in [3.8, 4) is 0 Å². The molecule has 0 bridgehead atoms. The number of hydrogen-bond acceptors (Lipinski definition) is 10. The summed E-state index contributed by atoms with van der Waals surface area (Å²) in [6.45, 7) is 3.51. The molecular formula is C18H48N4O6S. The number of nitrogens with two attached hydrogens (primary N) is 3. The Morgan fingerprint density at radius 1 is 0.655 bits per heavy atom. The minimum absolute atomic E-state index is 0. The molecule has 29 heavy (non-hydrogen) atoms. The smallest absolute Gasteiger partial charge is 0.395 e. The van der Waals surface area contributed by atoms with Gasteiger partial charge in [-0.3, -0.25) is 0 Å². The lowest BCUT2D eigenvalue weighted by Gasteiger charge is -2.05. The Kier molecular flexibility index (Phi) is 40.1. The number of aliphatic hydroxyl groups is 2. The van der Waals surface area contributed by atoms with Crippen LogP contribution in [-0.2, 0) is 18.8 Å². The monoisotopic (exact) mass is 448 g/mol. The van der Waals surface area contributed by atoms with Crippen LogP contribution in [0.3, 0.4) is 0 Å². The second kappa shape index (κ2) is 32.3. The average molecular weight is 449 g/mol. The van der Waals surface area contributed by atoms with Crippen molar-refractivity contribution in [2.75, 3.05) is 46.1 Å². The van der Waals surface area contributed by atoms with Crippen molar-refractivity contribution in [3.63, 3.8) is 0 Å². The van der Waals surface area contributed by atoms with Crippen LogP contribution < -0.4 is 23.4 Å². The van der Waals surface area contributed by atoms with E-state index in [0.717, 1.165) is 19.3 Å². The highest BCUT2D eigenvalue weighted by atomic mass is 32.3. The molecule has 11 N–H and O–H groups in total. The normalized spacial score (nSPS) is 10.3. The van der Waals surface area contributed by atoms with Crippen molar-refractivity contribution >= 4 is 10.4 Å². The quantitative estimate of drug-likeness (QED) is 0.175. The van der Waals surface area contributed by atoms with Crippen LogP contribution in [0.5, 0.6) is 0 Å². The third-order valence-electron chi connectivity index (χ3n) is 3.33. The van der Waals surface area contributed by atoms with Crippen LogP contribution >= 0.6 is 0 Å². The van der Waals surface area contributed by atoms with Gasteiger partial charge in [-0.15, -0.1) is 0 Å². The van der Waals surface area contributed by atoms with Crippen molar-refractivity contribution < 1.29 is 27.0 Å². The maximum atomic E-state index is 11.1. The first-order valence-corrected chi connectivity index (χ1v) is 11.6. The molecule has 0 aromatic rings. The van der Waals surface area contributed by atoms with Gasteiger partial charge in [0.2, 0.25) is 0 Å². The Labute approximate surface area is 178 Å². The molecule has 0 radical (unpaired) electrons. The standard InChI is InChI=1S/C14H31NO4S.2C2H7NO.H3N/c1-2-3-4-5-6-7-8-9-10-11-13-18-20(16,17)19-14-12-15;2*3-1-2-4;/h2-15H2,1H3;2*4H,1-3H2;1H3. The number of aliphatic hydroxyl groups excluding tert-OH is 2. The van der Waals surface area contributed by atoms with E-state index in [4.69, 9.17) is 31.6 Å². The van der Waals surface area contributed by atoms with Gasteiger partial charge in [0.1, 0.15) is 0 Å². The predicted octanol–water partition coefficient (Wildman–Crippen LogP) is 1.18. The zero-order valence-corrected chi connectivity index (χ0v) is 19.2. The van der Waals surface area contributed by atoms with Gasteiger partial charge in [0.05, 0.1) is 26.4 Å². The first-order valence-electron chi connectivity index (χ1n) is 10.3. The van der Waals surface area contributed by atoms with E-state index in [1.165, 1.54) is 44.9 Å². The van der Waals surface area contributed by atoms with Gasteiger partial charge >= 0.3 is 10.4 Å². The highest BCUT2D eigenvalue weighted by Crippen LogP contribution is 2.10. The van der Waals surface area contributed by atoms with Crippen molar-refractivity contribution in [2.24, 2.45) is 17.2 Å². The molecule has 0 aliphatic heterocycles. The van der Waals surface area contributed by atoms with Crippen LogP contribution in [0.2, 0.25) is 0 Å². The van der Waals surface area contributed by atoms with E-state index in [-0.39, 0.29) is 39.1 Å². The summed E-state index contributed by atoms with van der Waals surface area (Å²) in [7, 11) is -3.83. The molecule has 0 rings (SSSR count). The average Bonchev–Trinajstić information content (AvgIpc) is 2.70. The lowest BCUT2D eigenvalue weighted by atomic mass is 10.1.